The Morgan fingerprint density at radius 1 is 0.909 bits per heavy atom. The Morgan fingerprint density at radius 2 is 1.45 bits per heavy atom. The fraction of sp³-hybridized carbons (Fsp3) is 0.400. The van der Waals surface area contributed by atoms with E-state index >= 15 is 0 Å². The lowest BCUT2D eigenvalue weighted by Gasteiger charge is -2.23. The van der Waals surface area contributed by atoms with Crippen LogP contribution < -0.4 is 0 Å². The number of hydrogen-bond donors (Lipinski definition) is 1. The number of aliphatic hydroxyl groups is 1. The van der Waals surface area contributed by atoms with Crippen LogP contribution in [0.3, 0.4) is 0 Å². The Bertz CT molecular complexity index is 261. The van der Waals surface area contributed by atoms with Gasteiger partial charge in [0.25, 0.3) is 0 Å². The van der Waals surface area contributed by atoms with Gasteiger partial charge in [-0.2, -0.15) is 0 Å². The van der Waals surface area contributed by atoms with Gasteiger partial charge in [-0.05, 0) is 0 Å². The van der Waals surface area contributed by atoms with Crippen molar-refractivity contribution in [2.75, 3.05) is 0 Å². The van der Waals surface area contributed by atoms with Gasteiger partial charge in [-0.15, -0.1) is 0 Å². The molecule has 0 aromatic heterocycles. The molecule has 56 valence electrons. The molecule has 0 fully saturated rings. The van der Waals surface area contributed by atoms with Crippen LogP contribution in [-0.2, 0) is 0 Å². The smallest absolute Gasteiger partial charge is 0.105 e. The zero-order valence-electron chi connectivity index (χ0n) is 6.14. The minimum atomic E-state index is -0.612. The van der Waals surface area contributed by atoms with Crippen LogP contribution in [0.15, 0.2) is 36.5 Å². The first kappa shape index (κ1) is 5.78. The molecule has 2 atom stereocenters. The minimum absolute atomic E-state index is 0.391. The number of allylic oxidation sites excluding steroid dienone is 4. The van der Waals surface area contributed by atoms with E-state index in [-0.39, 0.29) is 0 Å². The van der Waals surface area contributed by atoms with Gasteiger partial charge in [-0.25, -0.2) is 0 Å². The Kier molecular flexibility index (Phi) is 0.793. The molecule has 0 aromatic carbocycles. The van der Waals surface area contributed by atoms with Crippen molar-refractivity contribution in [2.45, 2.75) is 5.60 Å². The molecule has 1 heteroatoms. The Hall–Kier alpha value is -0.820. The van der Waals surface area contributed by atoms with Crippen LogP contribution >= 0.6 is 0 Å². The van der Waals surface area contributed by atoms with Crippen molar-refractivity contribution in [3.05, 3.63) is 36.5 Å². The van der Waals surface area contributed by atoms with Crippen molar-refractivity contribution in [3.8, 4) is 0 Å². The highest BCUT2D eigenvalue weighted by atomic mass is 18.2. The second kappa shape index (κ2) is 1.51. The molecular formula is C10H10O. The molecule has 3 rings (SSSR count). The summed E-state index contributed by atoms with van der Waals surface area (Å²) in [5.41, 5.74) is -0.612. The van der Waals surface area contributed by atoms with E-state index in [2.05, 4.69) is 24.3 Å². The van der Waals surface area contributed by atoms with Crippen LogP contribution in [0.4, 0.5) is 0 Å². The van der Waals surface area contributed by atoms with Crippen LogP contribution in [0.2, 0.25) is 0 Å². The highest BCUT2D eigenvalue weighted by molar-refractivity contribution is 5.39. The Balaban J connectivity index is 2.18. The van der Waals surface area contributed by atoms with Crippen molar-refractivity contribution in [1.29, 1.82) is 0 Å². The highest BCUT2D eigenvalue weighted by Crippen LogP contribution is 2.50. The van der Waals surface area contributed by atoms with E-state index in [9.17, 15) is 5.11 Å². The van der Waals surface area contributed by atoms with Crippen molar-refractivity contribution < 1.29 is 5.11 Å². The fourth-order valence-corrected chi connectivity index (χ4v) is 2.55. The van der Waals surface area contributed by atoms with Crippen LogP contribution in [0, 0.1) is 17.8 Å². The molecule has 0 aromatic rings. The number of hydrogen-bond acceptors (Lipinski definition) is 1. The third kappa shape index (κ3) is 0.520. The van der Waals surface area contributed by atoms with Gasteiger partial charge in [0.15, 0.2) is 0 Å². The van der Waals surface area contributed by atoms with Gasteiger partial charge in [0.05, 0.1) is 0 Å². The molecule has 0 aliphatic heterocycles. The maximum Gasteiger partial charge on any atom is 0.105 e. The summed E-state index contributed by atoms with van der Waals surface area (Å²) in [4.78, 5) is 0. The molecule has 0 bridgehead atoms. The van der Waals surface area contributed by atoms with Gasteiger partial charge in [-0.1, -0.05) is 36.5 Å². The van der Waals surface area contributed by atoms with E-state index in [0.29, 0.717) is 17.8 Å². The second-order valence-corrected chi connectivity index (χ2v) is 3.67. The normalized spacial score (nSPS) is 55.9. The SMILES string of the molecule is [18OH]C12C=CC3C=CC(C=C1)C32. The summed E-state index contributed by atoms with van der Waals surface area (Å²) in [5.74, 6) is 1.36. The van der Waals surface area contributed by atoms with Crippen molar-refractivity contribution in [3.63, 3.8) is 0 Å². The lowest BCUT2D eigenvalue weighted by molar-refractivity contribution is 0.0808. The molecule has 0 saturated heterocycles. The van der Waals surface area contributed by atoms with Crippen LogP contribution in [0.5, 0.6) is 0 Å². The van der Waals surface area contributed by atoms with E-state index in [1.165, 1.54) is 0 Å². The largest absolute Gasteiger partial charge is 0.381 e. The van der Waals surface area contributed by atoms with Crippen molar-refractivity contribution >= 4 is 0 Å². The lowest BCUT2D eigenvalue weighted by Crippen LogP contribution is -2.30. The first-order chi connectivity index (χ1) is 5.30. The Morgan fingerprint density at radius 3 is 2.00 bits per heavy atom. The molecule has 2 unspecified atom stereocenters. The summed E-state index contributed by atoms with van der Waals surface area (Å²) in [6.45, 7) is 0. The molecule has 3 aliphatic rings. The maximum atomic E-state index is 10.00. The van der Waals surface area contributed by atoms with E-state index in [0.717, 1.165) is 0 Å². The third-order valence-electron chi connectivity index (χ3n) is 3.09. The van der Waals surface area contributed by atoms with Crippen molar-refractivity contribution in [1.82, 2.24) is 0 Å². The molecular weight excluding hydrogens is 138 g/mol. The average molecular weight is 148 g/mol. The third-order valence-corrected chi connectivity index (χ3v) is 3.09. The van der Waals surface area contributed by atoms with Gasteiger partial charge in [0.1, 0.15) is 5.60 Å². The first-order valence-electron chi connectivity index (χ1n) is 4.09. The molecule has 0 saturated carbocycles. The van der Waals surface area contributed by atoms with Gasteiger partial charge in [-0.3, -0.25) is 0 Å². The molecule has 0 heterocycles. The van der Waals surface area contributed by atoms with E-state index in [1.807, 2.05) is 12.2 Å². The molecule has 0 spiro atoms. The van der Waals surface area contributed by atoms with E-state index in [1.54, 1.807) is 0 Å². The molecule has 1 N–H and O–H groups in total. The van der Waals surface area contributed by atoms with Crippen LogP contribution in [0.25, 0.3) is 0 Å². The summed E-state index contributed by atoms with van der Waals surface area (Å²) in [6.07, 6.45) is 12.5. The van der Waals surface area contributed by atoms with Crippen molar-refractivity contribution in [2.24, 2.45) is 17.8 Å². The first-order valence-corrected chi connectivity index (χ1v) is 4.09. The molecule has 0 amide bonds. The molecule has 1 nitrogen and oxygen atoms in total. The monoisotopic (exact) mass is 148 g/mol. The van der Waals surface area contributed by atoms with Gasteiger partial charge in [0, 0.05) is 17.8 Å². The lowest BCUT2D eigenvalue weighted by atomic mass is 9.87. The summed E-state index contributed by atoms with van der Waals surface area (Å²) >= 11 is 0. The summed E-state index contributed by atoms with van der Waals surface area (Å²) in [6, 6.07) is 0. The predicted molar refractivity (Wildman–Crippen MR) is 42.8 cm³/mol. The molecule has 0 radical (unpaired) electrons. The summed E-state index contributed by atoms with van der Waals surface area (Å²) < 4.78 is 0. The zero-order valence-corrected chi connectivity index (χ0v) is 6.14. The van der Waals surface area contributed by atoms with E-state index in [4.69, 9.17) is 0 Å². The highest BCUT2D eigenvalue weighted by Gasteiger charge is 2.49. The topological polar surface area (TPSA) is 20.2 Å². The second-order valence-electron chi connectivity index (χ2n) is 3.67. The predicted octanol–water partition coefficient (Wildman–Crippen LogP) is 1.28. The van der Waals surface area contributed by atoms with Gasteiger partial charge >= 0.3 is 0 Å². The quantitative estimate of drug-likeness (QED) is 0.405. The number of rotatable bonds is 0. The maximum absolute atomic E-state index is 10.00. The zero-order chi connectivity index (χ0) is 7.47. The van der Waals surface area contributed by atoms with Crippen LogP contribution in [0.1, 0.15) is 0 Å². The minimum Gasteiger partial charge on any atom is -0.381 e. The fourth-order valence-electron chi connectivity index (χ4n) is 2.55. The standard InChI is InChI=1S/C10H10O/c11-10-5-3-7-1-2-8(4-6-10)9(7)10/h1-9,11H/i11+2. The Labute approximate surface area is 65.7 Å². The van der Waals surface area contributed by atoms with Gasteiger partial charge in [0.2, 0.25) is 0 Å². The summed E-state index contributed by atoms with van der Waals surface area (Å²) in [5, 5.41) is 10.00. The average Bonchev–Trinajstić information content (AvgIpc) is 2.54. The molecule has 11 heavy (non-hydrogen) atoms. The molecule has 3 aliphatic carbocycles. The summed E-state index contributed by atoms with van der Waals surface area (Å²) in [7, 11) is 0. The van der Waals surface area contributed by atoms with E-state index < -0.39 is 5.60 Å². The van der Waals surface area contributed by atoms with Crippen LogP contribution in [-0.4, -0.2) is 10.7 Å². The van der Waals surface area contributed by atoms with Gasteiger partial charge < -0.3 is 5.11 Å².